The van der Waals surface area contributed by atoms with Crippen molar-refractivity contribution in [1.82, 2.24) is 0 Å². The molecule has 0 unspecified atom stereocenters. The van der Waals surface area contributed by atoms with Crippen molar-refractivity contribution in [3.05, 3.63) is 11.6 Å². The average molecular weight is 195 g/mol. The van der Waals surface area contributed by atoms with Gasteiger partial charge in [0.1, 0.15) is 0 Å². The molecule has 3 heteroatoms. The van der Waals surface area contributed by atoms with Gasteiger partial charge < -0.3 is 5.73 Å². The van der Waals surface area contributed by atoms with Gasteiger partial charge in [0.2, 0.25) is 5.91 Å². The molecular weight excluding hydrogens is 178 g/mol. The van der Waals surface area contributed by atoms with Gasteiger partial charge in [-0.15, -0.1) is 0 Å². The Morgan fingerprint density at radius 2 is 2.14 bits per heavy atom. The third-order valence-electron chi connectivity index (χ3n) is 2.94. The molecule has 3 nitrogen and oxygen atoms in total. The number of nitrogens with two attached hydrogens (primary N) is 1. The van der Waals surface area contributed by atoms with Gasteiger partial charge in [-0.1, -0.05) is 26.3 Å². The van der Waals surface area contributed by atoms with Crippen molar-refractivity contribution in [2.24, 2.45) is 23.5 Å². The quantitative estimate of drug-likeness (QED) is 0.721. The second-order valence-corrected chi connectivity index (χ2v) is 4.28. The highest BCUT2D eigenvalue weighted by atomic mass is 16.1. The largest absolute Gasteiger partial charge is 0.369 e. The molecule has 0 aromatic heterocycles. The summed E-state index contributed by atoms with van der Waals surface area (Å²) in [4.78, 5) is 22.7. The summed E-state index contributed by atoms with van der Waals surface area (Å²) in [5.74, 6) is -0.589. The van der Waals surface area contributed by atoms with Crippen molar-refractivity contribution in [1.29, 1.82) is 0 Å². The predicted molar refractivity (Wildman–Crippen MR) is 54.4 cm³/mol. The highest BCUT2D eigenvalue weighted by molar-refractivity contribution is 5.97. The van der Waals surface area contributed by atoms with Crippen molar-refractivity contribution in [3.8, 4) is 0 Å². The summed E-state index contributed by atoms with van der Waals surface area (Å²) < 4.78 is 0. The van der Waals surface area contributed by atoms with Gasteiger partial charge in [-0.05, 0) is 18.4 Å². The van der Waals surface area contributed by atoms with E-state index in [2.05, 4.69) is 0 Å². The van der Waals surface area contributed by atoms with Crippen LogP contribution < -0.4 is 5.73 Å². The van der Waals surface area contributed by atoms with E-state index in [1.807, 2.05) is 13.8 Å². The minimum Gasteiger partial charge on any atom is -0.369 e. The predicted octanol–water partition coefficient (Wildman–Crippen LogP) is 1.28. The second-order valence-electron chi connectivity index (χ2n) is 4.28. The van der Waals surface area contributed by atoms with E-state index in [-0.39, 0.29) is 23.5 Å². The molecule has 0 aliphatic heterocycles. The summed E-state index contributed by atoms with van der Waals surface area (Å²) in [6.07, 6.45) is 2.31. The Kier molecular flexibility index (Phi) is 3.09. The molecule has 1 amide bonds. The number of primary amides is 1. The van der Waals surface area contributed by atoms with Crippen molar-refractivity contribution in [2.75, 3.05) is 0 Å². The normalized spacial score (nSPS) is 27.7. The molecule has 1 rings (SSSR count). The average Bonchev–Trinajstić information content (AvgIpc) is 2.08. The summed E-state index contributed by atoms with van der Waals surface area (Å²) in [5, 5.41) is 0. The molecule has 2 atom stereocenters. The number of carbonyl (C=O) groups is 2. The first-order valence-electron chi connectivity index (χ1n) is 4.97. The highest BCUT2D eigenvalue weighted by Gasteiger charge is 2.32. The molecule has 14 heavy (non-hydrogen) atoms. The van der Waals surface area contributed by atoms with Gasteiger partial charge in [-0.25, -0.2) is 0 Å². The van der Waals surface area contributed by atoms with Crippen LogP contribution in [0.1, 0.15) is 27.2 Å². The summed E-state index contributed by atoms with van der Waals surface area (Å²) >= 11 is 0. The van der Waals surface area contributed by atoms with Crippen molar-refractivity contribution < 1.29 is 9.59 Å². The lowest BCUT2D eigenvalue weighted by atomic mass is 9.76. The van der Waals surface area contributed by atoms with Gasteiger partial charge in [0.25, 0.3) is 0 Å². The Morgan fingerprint density at radius 3 is 2.57 bits per heavy atom. The number of hydrogen-bond acceptors (Lipinski definition) is 2. The minimum absolute atomic E-state index is 0.0313. The molecule has 0 aromatic carbocycles. The molecule has 1 aliphatic carbocycles. The van der Waals surface area contributed by atoms with Crippen LogP contribution in [0, 0.1) is 17.8 Å². The molecule has 0 radical (unpaired) electrons. The monoisotopic (exact) mass is 195 g/mol. The van der Waals surface area contributed by atoms with Crippen LogP contribution in [0.25, 0.3) is 0 Å². The van der Waals surface area contributed by atoms with Gasteiger partial charge in [0.05, 0.1) is 5.92 Å². The zero-order chi connectivity index (χ0) is 10.9. The Morgan fingerprint density at radius 1 is 1.57 bits per heavy atom. The lowest BCUT2D eigenvalue weighted by Crippen LogP contribution is -2.35. The molecule has 0 heterocycles. The minimum atomic E-state index is -0.364. The van der Waals surface area contributed by atoms with Gasteiger partial charge in [-0.3, -0.25) is 9.59 Å². The topological polar surface area (TPSA) is 60.2 Å². The molecule has 2 N–H and O–H groups in total. The van der Waals surface area contributed by atoms with Crippen molar-refractivity contribution >= 4 is 11.7 Å². The molecule has 0 fully saturated rings. The van der Waals surface area contributed by atoms with E-state index in [1.165, 1.54) is 0 Å². The zero-order valence-electron chi connectivity index (χ0n) is 8.91. The smallest absolute Gasteiger partial charge is 0.221 e. The first-order chi connectivity index (χ1) is 6.43. The molecule has 0 bridgehead atoms. The lowest BCUT2D eigenvalue weighted by Gasteiger charge is -2.26. The Balaban J connectivity index is 2.93. The fraction of sp³-hybridized carbons (Fsp3) is 0.636. The summed E-state index contributed by atoms with van der Waals surface area (Å²) in [5.41, 5.74) is 6.30. The van der Waals surface area contributed by atoms with E-state index in [0.717, 1.165) is 5.57 Å². The van der Waals surface area contributed by atoms with E-state index < -0.39 is 0 Å². The number of allylic oxidation sites excluding steroid dienone is 2. The molecule has 1 aliphatic rings. The van der Waals surface area contributed by atoms with E-state index in [1.54, 1.807) is 13.0 Å². The number of hydrogen-bond donors (Lipinski definition) is 1. The Hall–Kier alpha value is -1.12. The maximum Gasteiger partial charge on any atom is 0.221 e. The van der Waals surface area contributed by atoms with Gasteiger partial charge in [-0.2, -0.15) is 0 Å². The first kappa shape index (κ1) is 11.0. The SMILES string of the molecule is CC(C)C1=CC(=O)[C@H](C)[C@@H](C(N)=O)C1. The van der Waals surface area contributed by atoms with E-state index in [9.17, 15) is 9.59 Å². The lowest BCUT2D eigenvalue weighted by molar-refractivity contribution is -0.129. The van der Waals surface area contributed by atoms with Gasteiger partial charge in [0, 0.05) is 5.92 Å². The summed E-state index contributed by atoms with van der Waals surface area (Å²) in [7, 11) is 0. The molecular formula is C11H17NO2. The standard InChI is InChI=1S/C11H17NO2/c1-6(2)8-4-9(11(12)14)7(3)10(13)5-8/h5-7,9H,4H2,1-3H3,(H2,12,14)/t7-,9+/m1/s1. The fourth-order valence-corrected chi connectivity index (χ4v) is 1.75. The first-order valence-corrected chi connectivity index (χ1v) is 4.97. The van der Waals surface area contributed by atoms with Crippen LogP contribution in [0.2, 0.25) is 0 Å². The molecule has 78 valence electrons. The van der Waals surface area contributed by atoms with E-state index >= 15 is 0 Å². The van der Waals surface area contributed by atoms with Crippen LogP contribution in [-0.4, -0.2) is 11.7 Å². The van der Waals surface area contributed by atoms with Crippen LogP contribution in [0.4, 0.5) is 0 Å². The van der Waals surface area contributed by atoms with Crippen LogP contribution in [-0.2, 0) is 9.59 Å². The highest BCUT2D eigenvalue weighted by Crippen LogP contribution is 2.30. The molecule has 0 saturated carbocycles. The maximum absolute atomic E-state index is 11.5. The number of carbonyl (C=O) groups excluding carboxylic acids is 2. The number of rotatable bonds is 2. The number of amides is 1. The van der Waals surface area contributed by atoms with Crippen molar-refractivity contribution in [3.63, 3.8) is 0 Å². The molecule has 0 saturated heterocycles. The third kappa shape index (κ3) is 2.03. The summed E-state index contributed by atoms with van der Waals surface area (Å²) in [6, 6.07) is 0. The van der Waals surface area contributed by atoms with Crippen LogP contribution in [0.5, 0.6) is 0 Å². The van der Waals surface area contributed by atoms with Gasteiger partial charge in [0.15, 0.2) is 5.78 Å². The second kappa shape index (κ2) is 3.95. The zero-order valence-corrected chi connectivity index (χ0v) is 8.91. The van der Waals surface area contributed by atoms with E-state index in [4.69, 9.17) is 5.73 Å². The Bertz CT molecular complexity index is 292. The van der Waals surface area contributed by atoms with E-state index in [0.29, 0.717) is 12.3 Å². The maximum atomic E-state index is 11.5. The third-order valence-corrected chi connectivity index (χ3v) is 2.94. The van der Waals surface area contributed by atoms with Gasteiger partial charge >= 0.3 is 0 Å². The molecule has 0 spiro atoms. The molecule has 0 aromatic rings. The Labute approximate surface area is 84.4 Å². The van der Waals surface area contributed by atoms with Crippen molar-refractivity contribution in [2.45, 2.75) is 27.2 Å². The number of ketones is 1. The van der Waals surface area contributed by atoms with Crippen LogP contribution in [0.15, 0.2) is 11.6 Å². The van der Waals surface area contributed by atoms with Crippen LogP contribution >= 0.6 is 0 Å². The summed E-state index contributed by atoms with van der Waals surface area (Å²) in [6.45, 7) is 5.81. The van der Waals surface area contributed by atoms with Crippen LogP contribution in [0.3, 0.4) is 0 Å². The fourth-order valence-electron chi connectivity index (χ4n) is 1.75.